The molecule has 2 aliphatic heterocycles. The van der Waals surface area contributed by atoms with Crippen molar-refractivity contribution in [2.24, 2.45) is 7.05 Å². The highest BCUT2D eigenvalue weighted by Gasteiger charge is 2.27. The zero-order valence-electron chi connectivity index (χ0n) is 28.3. The van der Waals surface area contributed by atoms with Gasteiger partial charge in [0, 0.05) is 103 Å². The van der Waals surface area contributed by atoms with E-state index in [0.29, 0.717) is 57.5 Å². The minimum atomic E-state index is -1.10. The number of aromatic nitrogens is 3. The molecule has 1 fully saturated rings. The van der Waals surface area contributed by atoms with Crippen LogP contribution in [0.25, 0.3) is 44.5 Å². The van der Waals surface area contributed by atoms with Gasteiger partial charge in [-0.3, -0.25) is 14.7 Å². The fourth-order valence-corrected chi connectivity index (χ4v) is 7.96. The standard InChI is InChI=1S/C38H38Cl2N6O5/c1-44-31-13-15-45(16-17-47)21-29(31)25-9-6-22(18-32(25)44)36-35(40)27(12-14-41-36)26-4-3-5-28(34(26)39)30-10-7-23(37(43-30)51-2)19-46(38(49)50)20-24-8-11-33(48)42-24/h3-7,9-10,12,14,18,24,47H,8,11,13,15-17,19-21H2,1-2H3,(H,42,48)(H,49,50)/t24-/m0/s1. The molecule has 3 aromatic heterocycles. The average molecular weight is 730 g/mol. The van der Waals surface area contributed by atoms with Crippen LogP contribution in [0, 0.1) is 0 Å². The Labute approximate surface area is 305 Å². The number of hydrogen-bond acceptors (Lipinski definition) is 7. The zero-order valence-corrected chi connectivity index (χ0v) is 29.8. The van der Waals surface area contributed by atoms with Crippen LogP contribution in [0.1, 0.15) is 29.7 Å². The first-order chi connectivity index (χ1) is 24.7. The average Bonchev–Trinajstić information content (AvgIpc) is 3.67. The van der Waals surface area contributed by atoms with Gasteiger partial charge in [-0.2, -0.15) is 0 Å². The number of fused-ring (bicyclic) bond motifs is 3. The molecule has 0 aliphatic carbocycles. The summed E-state index contributed by atoms with van der Waals surface area (Å²) in [5.41, 5.74) is 8.46. The van der Waals surface area contributed by atoms with Crippen LogP contribution in [-0.4, -0.2) is 85.9 Å². The fraction of sp³-hybridized carbons (Fsp3) is 0.316. The largest absolute Gasteiger partial charge is 0.481 e. The molecule has 2 aromatic carbocycles. The van der Waals surface area contributed by atoms with E-state index in [1.54, 1.807) is 18.3 Å². The van der Waals surface area contributed by atoms with Gasteiger partial charge >= 0.3 is 6.09 Å². The lowest BCUT2D eigenvalue weighted by Crippen LogP contribution is -2.41. The SMILES string of the molecule is COc1nc(-c2cccc(-c3ccnc(-c4ccc5c6c(n(C)c5c4)CCN(CCO)C6)c3Cl)c2Cl)ccc1CN(C[C@@H]1CCC(=O)N1)C(=O)O. The maximum atomic E-state index is 12.1. The summed E-state index contributed by atoms with van der Waals surface area (Å²) in [7, 11) is 3.58. The molecular weight excluding hydrogens is 691 g/mol. The molecule has 1 atom stereocenters. The summed E-state index contributed by atoms with van der Waals surface area (Å²) >= 11 is 14.2. The van der Waals surface area contributed by atoms with Gasteiger partial charge in [0.25, 0.3) is 0 Å². The number of amides is 2. The molecule has 2 aliphatic rings. The molecule has 13 heteroatoms. The number of carbonyl (C=O) groups is 2. The van der Waals surface area contributed by atoms with Gasteiger partial charge in [0.1, 0.15) is 0 Å². The number of pyridine rings is 2. The Bertz CT molecular complexity index is 2150. The van der Waals surface area contributed by atoms with Gasteiger partial charge in [-0.15, -0.1) is 0 Å². The van der Waals surface area contributed by atoms with Gasteiger partial charge in [0.05, 0.1) is 41.7 Å². The summed E-state index contributed by atoms with van der Waals surface area (Å²) in [5, 5.41) is 24.3. The molecule has 0 bridgehead atoms. The number of nitrogens with zero attached hydrogens (tertiary/aromatic N) is 5. The molecule has 0 spiro atoms. The van der Waals surface area contributed by atoms with Crippen molar-refractivity contribution in [1.82, 2.24) is 29.7 Å². The molecule has 51 heavy (non-hydrogen) atoms. The van der Waals surface area contributed by atoms with Gasteiger partial charge in [-0.1, -0.05) is 53.5 Å². The Morgan fingerprint density at radius 1 is 1.08 bits per heavy atom. The summed E-state index contributed by atoms with van der Waals surface area (Å²) in [6, 6.07) is 17.2. The smallest absolute Gasteiger partial charge is 0.407 e. The molecule has 0 radical (unpaired) electrons. The van der Waals surface area contributed by atoms with E-state index in [4.69, 9.17) is 32.9 Å². The number of benzene rings is 2. The Hall–Kier alpha value is -4.68. The van der Waals surface area contributed by atoms with E-state index in [1.807, 2.05) is 24.3 Å². The lowest BCUT2D eigenvalue weighted by Gasteiger charge is -2.26. The number of carbonyl (C=O) groups excluding carboxylic acids is 1. The third-order valence-electron chi connectivity index (χ3n) is 9.92. The Morgan fingerprint density at radius 2 is 1.88 bits per heavy atom. The first kappa shape index (κ1) is 34.8. The molecule has 0 saturated carbocycles. The third kappa shape index (κ3) is 6.74. The van der Waals surface area contributed by atoms with Crippen molar-refractivity contribution in [2.45, 2.75) is 38.4 Å². The van der Waals surface area contributed by atoms with Crippen LogP contribution in [0.3, 0.4) is 0 Å². The highest BCUT2D eigenvalue weighted by atomic mass is 35.5. The molecule has 3 N–H and O–H groups in total. The van der Waals surface area contributed by atoms with Crippen molar-refractivity contribution in [3.8, 4) is 39.5 Å². The summed E-state index contributed by atoms with van der Waals surface area (Å²) in [5.74, 6) is 0.204. The van der Waals surface area contributed by atoms with E-state index >= 15 is 0 Å². The number of rotatable bonds is 10. The van der Waals surface area contributed by atoms with Crippen LogP contribution >= 0.6 is 23.2 Å². The molecule has 11 nitrogen and oxygen atoms in total. The first-order valence-electron chi connectivity index (χ1n) is 16.9. The van der Waals surface area contributed by atoms with E-state index in [2.05, 4.69) is 45.0 Å². The molecule has 264 valence electrons. The number of β-amino-alcohol motifs (C(OH)–C–C–N with tert-alkyl or cyclic N) is 1. The third-order valence-corrected chi connectivity index (χ3v) is 10.7. The van der Waals surface area contributed by atoms with Crippen molar-refractivity contribution < 1.29 is 24.5 Å². The highest BCUT2D eigenvalue weighted by molar-refractivity contribution is 6.39. The molecule has 5 heterocycles. The topological polar surface area (TPSA) is 133 Å². The molecule has 0 unspecified atom stereocenters. The minimum Gasteiger partial charge on any atom is -0.481 e. The number of carboxylic acid groups (broad SMARTS) is 1. The highest BCUT2D eigenvalue weighted by Crippen LogP contribution is 2.42. The van der Waals surface area contributed by atoms with Crippen LogP contribution in [0.2, 0.25) is 10.0 Å². The second-order valence-corrected chi connectivity index (χ2v) is 13.7. The van der Waals surface area contributed by atoms with Gasteiger partial charge in [0.15, 0.2) is 0 Å². The summed E-state index contributed by atoms with van der Waals surface area (Å²) in [4.78, 5) is 36.7. The van der Waals surface area contributed by atoms with Crippen molar-refractivity contribution >= 4 is 46.1 Å². The first-order valence-corrected chi connectivity index (χ1v) is 17.6. The van der Waals surface area contributed by atoms with Gasteiger partial charge in [0.2, 0.25) is 11.8 Å². The predicted octanol–water partition coefficient (Wildman–Crippen LogP) is 6.39. The predicted molar refractivity (Wildman–Crippen MR) is 197 cm³/mol. The second-order valence-electron chi connectivity index (χ2n) is 13.0. The number of halogens is 2. The number of aliphatic hydroxyl groups is 1. The van der Waals surface area contributed by atoms with E-state index in [1.165, 1.54) is 28.7 Å². The number of hydrogen-bond donors (Lipinski definition) is 3. The normalized spacial score (nSPS) is 15.9. The van der Waals surface area contributed by atoms with E-state index in [9.17, 15) is 19.8 Å². The monoisotopic (exact) mass is 728 g/mol. The summed E-state index contributed by atoms with van der Waals surface area (Å²) in [6.07, 6.45) is 2.53. The fourth-order valence-electron chi connectivity index (χ4n) is 7.31. The number of methoxy groups -OCH3 is 1. The number of aryl methyl sites for hydroxylation is 1. The Kier molecular flexibility index (Phi) is 9.89. The maximum absolute atomic E-state index is 12.1. The van der Waals surface area contributed by atoms with E-state index < -0.39 is 6.09 Å². The van der Waals surface area contributed by atoms with Crippen LogP contribution in [0.15, 0.2) is 60.8 Å². The number of ether oxygens (including phenoxy) is 1. The number of aliphatic hydroxyl groups excluding tert-OH is 1. The lowest BCUT2D eigenvalue weighted by molar-refractivity contribution is -0.119. The van der Waals surface area contributed by atoms with E-state index in [-0.39, 0.29) is 37.5 Å². The quantitative estimate of drug-likeness (QED) is 0.151. The lowest BCUT2D eigenvalue weighted by atomic mass is 9.99. The molecule has 7 rings (SSSR count). The van der Waals surface area contributed by atoms with Crippen LogP contribution in [0.4, 0.5) is 4.79 Å². The summed E-state index contributed by atoms with van der Waals surface area (Å²) < 4.78 is 7.86. The van der Waals surface area contributed by atoms with Crippen LogP contribution < -0.4 is 10.1 Å². The Morgan fingerprint density at radius 3 is 2.63 bits per heavy atom. The van der Waals surface area contributed by atoms with Crippen molar-refractivity contribution in [3.63, 3.8) is 0 Å². The molecule has 2 amide bonds. The van der Waals surface area contributed by atoms with Gasteiger partial charge in [-0.05, 0) is 36.2 Å². The van der Waals surface area contributed by atoms with Crippen molar-refractivity contribution in [1.29, 1.82) is 0 Å². The maximum Gasteiger partial charge on any atom is 0.407 e. The minimum absolute atomic E-state index is 0.0423. The molecule has 5 aromatic rings. The van der Waals surface area contributed by atoms with Crippen molar-refractivity contribution in [2.75, 3.05) is 33.4 Å². The zero-order chi connectivity index (χ0) is 35.8. The van der Waals surface area contributed by atoms with E-state index in [0.717, 1.165) is 36.2 Å². The van der Waals surface area contributed by atoms with Gasteiger partial charge in [-0.25, -0.2) is 9.78 Å². The Balaban J connectivity index is 1.18. The summed E-state index contributed by atoms with van der Waals surface area (Å²) in [6.45, 7) is 2.74. The second kappa shape index (κ2) is 14.5. The van der Waals surface area contributed by atoms with Crippen LogP contribution in [0.5, 0.6) is 5.88 Å². The van der Waals surface area contributed by atoms with Crippen LogP contribution in [-0.2, 0) is 31.4 Å². The molecule has 1 saturated heterocycles. The molecular formula is C38H38Cl2N6O5. The van der Waals surface area contributed by atoms with Crippen molar-refractivity contribution in [3.05, 3.63) is 87.7 Å². The van der Waals surface area contributed by atoms with Gasteiger partial charge < -0.3 is 29.7 Å². The number of nitrogens with one attached hydrogen (secondary N) is 1.